The molecule has 0 bridgehead atoms. The molecule has 1 aromatic heterocycles. The van der Waals surface area contributed by atoms with Crippen LogP contribution in [0, 0.1) is 0 Å². The molecule has 0 fully saturated rings. The summed E-state index contributed by atoms with van der Waals surface area (Å²) in [6, 6.07) is 11.0. The van der Waals surface area contributed by atoms with Gasteiger partial charge in [0.2, 0.25) is 0 Å². The molecule has 0 aliphatic heterocycles. The smallest absolute Gasteiger partial charge is 0.140 e. The highest BCUT2D eigenvalue weighted by Crippen LogP contribution is 2.25. The first-order valence-electron chi connectivity index (χ1n) is 5.11. The summed E-state index contributed by atoms with van der Waals surface area (Å²) in [6.07, 6.45) is 1.72. The van der Waals surface area contributed by atoms with E-state index in [2.05, 4.69) is 10.4 Å². The number of hydrogen-bond donors (Lipinski definition) is 3. The largest absolute Gasteiger partial charge is 0.508 e. The van der Waals surface area contributed by atoms with Crippen LogP contribution in [0.4, 0.5) is 5.82 Å². The van der Waals surface area contributed by atoms with Crippen LogP contribution in [0.1, 0.15) is 5.56 Å². The maximum Gasteiger partial charge on any atom is 0.140 e. The predicted molar refractivity (Wildman–Crippen MR) is 69.7 cm³/mol. The van der Waals surface area contributed by atoms with Crippen LogP contribution in [0.25, 0.3) is 0 Å². The quantitative estimate of drug-likeness (QED) is 0.439. The van der Waals surface area contributed by atoms with Crippen molar-refractivity contribution >= 4 is 17.6 Å². The van der Waals surface area contributed by atoms with Gasteiger partial charge in [-0.2, -0.15) is 0 Å². The average molecular weight is 247 g/mol. The monoisotopic (exact) mass is 247 g/mol. The van der Waals surface area contributed by atoms with Crippen LogP contribution in [0.2, 0.25) is 0 Å². The summed E-state index contributed by atoms with van der Waals surface area (Å²) in [5.41, 5.74) is 3.64. The molecule has 0 radical (unpaired) electrons. The Morgan fingerprint density at radius 2 is 2.18 bits per heavy atom. The van der Waals surface area contributed by atoms with E-state index >= 15 is 0 Å². The minimum Gasteiger partial charge on any atom is -0.508 e. The van der Waals surface area contributed by atoms with Crippen molar-refractivity contribution in [2.24, 2.45) is 5.84 Å². The summed E-state index contributed by atoms with van der Waals surface area (Å²) in [6.45, 7) is 0. The van der Waals surface area contributed by atoms with Crippen molar-refractivity contribution in [2.45, 2.75) is 10.6 Å². The normalized spacial score (nSPS) is 10.2. The summed E-state index contributed by atoms with van der Waals surface area (Å²) in [5, 5.41) is 9.34. The van der Waals surface area contributed by atoms with Crippen LogP contribution < -0.4 is 11.3 Å². The van der Waals surface area contributed by atoms with E-state index in [-0.39, 0.29) is 5.75 Å². The summed E-state index contributed by atoms with van der Waals surface area (Å²) in [5.74, 6) is 7.04. The van der Waals surface area contributed by atoms with Gasteiger partial charge in [-0.25, -0.2) is 10.8 Å². The molecule has 2 rings (SSSR count). The van der Waals surface area contributed by atoms with Crippen LogP contribution in [0.5, 0.6) is 5.75 Å². The van der Waals surface area contributed by atoms with Gasteiger partial charge in [-0.05, 0) is 35.9 Å². The van der Waals surface area contributed by atoms with Crippen molar-refractivity contribution in [2.75, 3.05) is 5.43 Å². The van der Waals surface area contributed by atoms with Gasteiger partial charge in [0, 0.05) is 16.8 Å². The van der Waals surface area contributed by atoms with E-state index in [1.54, 1.807) is 30.1 Å². The molecule has 4 nitrogen and oxygen atoms in total. The van der Waals surface area contributed by atoms with Gasteiger partial charge >= 0.3 is 0 Å². The fraction of sp³-hybridized carbons (Fsp3) is 0.0833. The fourth-order valence-electron chi connectivity index (χ4n) is 1.38. The number of hydrogen-bond acceptors (Lipinski definition) is 5. The average Bonchev–Trinajstić information content (AvgIpc) is 2.37. The zero-order valence-electron chi connectivity index (χ0n) is 9.13. The number of aromatic hydroxyl groups is 1. The molecule has 0 atom stereocenters. The Kier molecular flexibility index (Phi) is 3.85. The van der Waals surface area contributed by atoms with Crippen molar-refractivity contribution in [3.05, 3.63) is 48.2 Å². The minimum absolute atomic E-state index is 0.286. The Morgan fingerprint density at radius 3 is 2.94 bits per heavy atom. The van der Waals surface area contributed by atoms with E-state index in [0.29, 0.717) is 5.82 Å². The maximum atomic E-state index is 9.34. The molecule has 5 heteroatoms. The third kappa shape index (κ3) is 3.37. The molecule has 0 unspecified atom stereocenters. The number of hydrazine groups is 1. The van der Waals surface area contributed by atoms with Crippen molar-refractivity contribution in [3.63, 3.8) is 0 Å². The number of benzene rings is 1. The molecule has 2 aromatic rings. The van der Waals surface area contributed by atoms with Crippen molar-refractivity contribution in [1.82, 2.24) is 4.98 Å². The highest BCUT2D eigenvalue weighted by atomic mass is 32.2. The molecule has 0 aliphatic carbocycles. The number of nitrogens with zero attached hydrogens (tertiary/aromatic N) is 1. The number of aromatic nitrogens is 1. The summed E-state index contributed by atoms with van der Waals surface area (Å²) in [7, 11) is 0. The molecule has 1 heterocycles. The Labute approximate surface area is 104 Å². The third-order valence-electron chi connectivity index (χ3n) is 2.20. The number of nitrogens with one attached hydrogen (secondary N) is 1. The molecule has 0 saturated carbocycles. The lowest BCUT2D eigenvalue weighted by atomic mass is 10.3. The first kappa shape index (κ1) is 11.8. The number of nitrogen functional groups attached to an aromatic ring is 1. The molecule has 0 aliphatic rings. The molecule has 4 N–H and O–H groups in total. The third-order valence-corrected chi connectivity index (χ3v) is 3.26. The van der Waals surface area contributed by atoms with Crippen LogP contribution in [-0.2, 0) is 5.75 Å². The lowest BCUT2D eigenvalue weighted by Gasteiger charge is -2.04. The van der Waals surface area contributed by atoms with Gasteiger partial charge in [0.25, 0.3) is 0 Å². The Morgan fingerprint density at radius 1 is 1.29 bits per heavy atom. The van der Waals surface area contributed by atoms with E-state index in [1.807, 2.05) is 24.3 Å². The molecule has 17 heavy (non-hydrogen) atoms. The second-order valence-electron chi connectivity index (χ2n) is 3.48. The first-order chi connectivity index (χ1) is 8.28. The second kappa shape index (κ2) is 5.56. The number of pyridine rings is 1. The molecule has 0 saturated heterocycles. The van der Waals surface area contributed by atoms with Crippen molar-refractivity contribution < 1.29 is 5.11 Å². The molecular formula is C12H13N3OS. The van der Waals surface area contributed by atoms with Gasteiger partial charge in [-0.3, -0.25) is 0 Å². The number of phenols is 1. The van der Waals surface area contributed by atoms with Gasteiger partial charge in [-0.15, -0.1) is 11.8 Å². The Hall–Kier alpha value is -1.72. The van der Waals surface area contributed by atoms with E-state index in [9.17, 15) is 5.11 Å². The van der Waals surface area contributed by atoms with Gasteiger partial charge in [0.05, 0.1) is 0 Å². The zero-order chi connectivity index (χ0) is 12.1. The Bertz CT molecular complexity index is 505. The minimum atomic E-state index is 0.286. The van der Waals surface area contributed by atoms with Crippen molar-refractivity contribution in [1.29, 1.82) is 0 Å². The van der Waals surface area contributed by atoms with Crippen molar-refractivity contribution in [3.8, 4) is 5.75 Å². The standard InChI is InChI=1S/C12H13N3OS/c13-15-12-6-9(4-5-14-12)8-17-11-3-1-2-10(16)7-11/h1-7,16H,8,13H2,(H,14,15). The second-order valence-corrected chi connectivity index (χ2v) is 4.53. The fourth-order valence-corrected chi connectivity index (χ4v) is 2.27. The van der Waals surface area contributed by atoms with E-state index in [0.717, 1.165) is 16.2 Å². The number of rotatable bonds is 4. The van der Waals surface area contributed by atoms with Crippen LogP contribution in [-0.4, -0.2) is 10.1 Å². The molecule has 0 spiro atoms. The first-order valence-corrected chi connectivity index (χ1v) is 6.10. The number of thioether (sulfide) groups is 1. The van der Waals surface area contributed by atoms with Gasteiger partial charge in [-0.1, -0.05) is 6.07 Å². The van der Waals surface area contributed by atoms with Gasteiger partial charge in [0.1, 0.15) is 11.6 Å². The van der Waals surface area contributed by atoms with E-state index < -0.39 is 0 Å². The van der Waals surface area contributed by atoms with Crippen LogP contribution in [0.3, 0.4) is 0 Å². The number of nitrogens with two attached hydrogens (primary N) is 1. The number of anilines is 1. The van der Waals surface area contributed by atoms with Crippen LogP contribution >= 0.6 is 11.8 Å². The van der Waals surface area contributed by atoms with Gasteiger partial charge in [0.15, 0.2) is 0 Å². The summed E-state index contributed by atoms with van der Waals surface area (Å²) in [4.78, 5) is 5.07. The predicted octanol–water partition coefficient (Wildman–Crippen LogP) is 2.37. The number of phenolic OH excluding ortho intramolecular Hbond substituents is 1. The van der Waals surface area contributed by atoms with Gasteiger partial charge < -0.3 is 10.5 Å². The van der Waals surface area contributed by atoms with Crippen LogP contribution in [0.15, 0.2) is 47.5 Å². The zero-order valence-corrected chi connectivity index (χ0v) is 9.95. The molecule has 1 aromatic carbocycles. The molecule has 88 valence electrons. The Balaban J connectivity index is 2.02. The maximum absolute atomic E-state index is 9.34. The molecule has 0 amide bonds. The highest BCUT2D eigenvalue weighted by molar-refractivity contribution is 7.98. The highest BCUT2D eigenvalue weighted by Gasteiger charge is 1.99. The lowest BCUT2D eigenvalue weighted by Crippen LogP contribution is -2.08. The van der Waals surface area contributed by atoms with E-state index in [1.165, 1.54) is 0 Å². The van der Waals surface area contributed by atoms with E-state index in [4.69, 9.17) is 5.84 Å². The SMILES string of the molecule is NNc1cc(CSc2cccc(O)c2)ccn1. The topological polar surface area (TPSA) is 71.2 Å². The summed E-state index contributed by atoms with van der Waals surface area (Å²) >= 11 is 1.65. The molecular weight excluding hydrogens is 234 g/mol. The summed E-state index contributed by atoms with van der Waals surface area (Å²) < 4.78 is 0. The lowest BCUT2D eigenvalue weighted by molar-refractivity contribution is 0.474.